The van der Waals surface area contributed by atoms with Gasteiger partial charge in [-0.1, -0.05) is 13.8 Å². The molecule has 1 saturated heterocycles. The molecule has 0 spiro atoms. The van der Waals surface area contributed by atoms with E-state index in [9.17, 15) is 0 Å². The second-order valence-corrected chi connectivity index (χ2v) is 6.53. The Morgan fingerprint density at radius 3 is 2.59 bits per heavy atom. The van der Waals surface area contributed by atoms with Crippen LogP contribution < -0.4 is 5.32 Å². The number of nitrogens with one attached hydrogen (secondary N) is 1. The Hall–Kier alpha value is -0.0800. The molecule has 2 rings (SSSR count). The van der Waals surface area contributed by atoms with Gasteiger partial charge in [-0.15, -0.1) is 0 Å². The van der Waals surface area contributed by atoms with Crippen molar-refractivity contribution >= 4 is 0 Å². The summed E-state index contributed by atoms with van der Waals surface area (Å²) >= 11 is 0. The highest BCUT2D eigenvalue weighted by atomic mass is 15.2. The Morgan fingerprint density at radius 2 is 2.00 bits per heavy atom. The smallest absolute Gasteiger partial charge is 0.0195 e. The molecule has 2 nitrogen and oxygen atoms in total. The van der Waals surface area contributed by atoms with Gasteiger partial charge < -0.3 is 10.2 Å². The first-order valence-corrected chi connectivity index (χ1v) is 7.70. The van der Waals surface area contributed by atoms with Crippen molar-refractivity contribution < 1.29 is 0 Å². The third-order valence-corrected chi connectivity index (χ3v) is 4.11. The first-order chi connectivity index (χ1) is 8.24. The minimum absolute atomic E-state index is 0.785. The lowest BCUT2D eigenvalue weighted by Gasteiger charge is -2.26. The second-order valence-electron chi connectivity index (χ2n) is 6.53. The van der Waals surface area contributed by atoms with E-state index in [4.69, 9.17) is 0 Å². The summed E-state index contributed by atoms with van der Waals surface area (Å²) in [6.45, 7) is 9.92. The Kier molecular flexibility index (Phi) is 5.30. The first-order valence-electron chi connectivity index (χ1n) is 7.70. The van der Waals surface area contributed by atoms with E-state index in [0.717, 1.165) is 17.9 Å². The van der Waals surface area contributed by atoms with Crippen LogP contribution in [-0.2, 0) is 0 Å². The summed E-state index contributed by atoms with van der Waals surface area (Å²) in [4.78, 5) is 2.74. The fraction of sp³-hybridized carbons (Fsp3) is 1.00. The van der Waals surface area contributed by atoms with Gasteiger partial charge in [0.2, 0.25) is 0 Å². The molecule has 1 saturated carbocycles. The maximum atomic E-state index is 3.64. The van der Waals surface area contributed by atoms with Gasteiger partial charge in [-0.3, -0.25) is 0 Å². The van der Waals surface area contributed by atoms with E-state index < -0.39 is 0 Å². The SMILES string of the molecule is CC(C)CCCN(CC1CC1)CC1CCCN1. The molecular weight excluding hydrogens is 208 g/mol. The molecule has 0 amide bonds. The summed E-state index contributed by atoms with van der Waals surface area (Å²) in [6.07, 6.45) is 8.52. The predicted octanol–water partition coefficient (Wildman–Crippen LogP) is 2.89. The summed E-state index contributed by atoms with van der Waals surface area (Å²) in [5.41, 5.74) is 0. The van der Waals surface area contributed by atoms with Crippen LogP contribution in [0.15, 0.2) is 0 Å². The largest absolute Gasteiger partial charge is 0.313 e. The van der Waals surface area contributed by atoms with Gasteiger partial charge in [0.25, 0.3) is 0 Å². The van der Waals surface area contributed by atoms with Crippen LogP contribution in [0.1, 0.15) is 52.4 Å². The molecule has 2 aliphatic rings. The topological polar surface area (TPSA) is 15.3 Å². The van der Waals surface area contributed by atoms with E-state index in [-0.39, 0.29) is 0 Å². The summed E-state index contributed by atoms with van der Waals surface area (Å²) in [6, 6.07) is 0.785. The fourth-order valence-electron chi connectivity index (χ4n) is 2.87. The zero-order valence-electron chi connectivity index (χ0n) is 11.8. The normalized spacial score (nSPS) is 25.1. The molecular formula is C15H30N2. The van der Waals surface area contributed by atoms with E-state index in [1.165, 1.54) is 64.7 Å². The van der Waals surface area contributed by atoms with Crippen LogP contribution in [0, 0.1) is 11.8 Å². The zero-order chi connectivity index (χ0) is 12.1. The van der Waals surface area contributed by atoms with Crippen LogP contribution in [0.4, 0.5) is 0 Å². The third kappa shape index (κ3) is 5.39. The summed E-state index contributed by atoms with van der Waals surface area (Å²) < 4.78 is 0. The average molecular weight is 238 g/mol. The van der Waals surface area contributed by atoms with Crippen molar-refractivity contribution in [3.05, 3.63) is 0 Å². The highest BCUT2D eigenvalue weighted by Gasteiger charge is 2.26. The Balaban J connectivity index is 1.67. The van der Waals surface area contributed by atoms with Crippen LogP contribution in [0.2, 0.25) is 0 Å². The predicted molar refractivity (Wildman–Crippen MR) is 74.3 cm³/mol. The van der Waals surface area contributed by atoms with E-state index in [0.29, 0.717) is 0 Å². The molecule has 0 aromatic rings. The maximum Gasteiger partial charge on any atom is 0.0195 e. The molecule has 2 fully saturated rings. The van der Waals surface area contributed by atoms with Crippen molar-refractivity contribution in [2.75, 3.05) is 26.2 Å². The van der Waals surface area contributed by atoms with E-state index in [1.54, 1.807) is 0 Å². The lowest BCUT2D eigenvalue weighted by Crippen LogP contribution is -2.39. The molecule has 1 atom stereocenters. The van der Waals surface area contributed by atoms with Crippen molar-refractivity contribution in [2.45, 2.75) is 58.4 Å². The molecule has 1 unspecified atom stereocenters. The summed E-state index contributed by atoms with van der Waals surface area (Å²) in [5.74, 6) is 1.90. The quantitative estimate of drug-likeness (QED) is 0.699. The van der Waals surface area contributed by atoms with Crippen molar-refractivity contribution in [1.29, 1.82) is 0 Å². The summed E-state index contributed by atoms with van der Waals surface area (Å²) in [7, 11) is 0. The summed E-state index contributed by atoms with van der Waals surface area (Å²) in [5, 5.41) is 3.64. The number of hydrogen-bond donors (Lipinski definition) is 1. The molecule has 1 aliphatic carbocycles. The lowest BCUT2D eigenvalue weighted by molar-refractivity contribution is 0.232. The molecule has 0 aromatic heterocycles. The molecule has 17 heavy (non-hydrogen) atoms. The van der Waals surface area contributed by atoms with Gasteiger partial charge in [0.15, 0.2) is 0 Å². The monoisotopic (exact) mass is 238 g/mol. The van der Waals surface area contributed by atoms with Crippen molar-refractivity contribution in [2.24, 2.45) is 11.8 Å². The van der Waals surface area contributed by atoms with Gasteiger partial charge in [-0.2, -0.15) is 0 Å². The van der Waals surface area contributed by atoms with Crippen LogP contribution in [0.5, 0.6) is 0 Å². The van der Waals surface area contributed by atoms with Crippen molar-refractivity contribution in [3.63, 3.8) is 0 Å². The van der Waals surface area contributed by atoms with E-state index >= 15 is 0 Å². The molecule has 1 N–H and O–H groups in total. The molecule has 0 aromatic carbocycles. The van der Waals surface area contributed by atoms with Crippen molar-refractivity contribution in [3.8, 4) is 0 Å². The Morgan fingerprint density at radius 1 is 1.18 bits per heavy atom. The fourth-order valence-corrected chi connectivity index (χ4v) is 2.87. The van der Waals surface area contributed by atoms with Gasteiger partial charge in [0.05, 0.1) is 0 Å². The van der Waals surface area contributed by atoms with Gasteiger partial charge in [-0.25, -0.2) is 0 Å². The standard InChI is InChI=1S/C15H30N2/c1-13(2)5-4-10-17(11-14-7-8-14)12-15-6-3-9-16-15/h13-16H,3-12H2,1-2H3. The highest BCUT2D eigenvalue weighted by molar-refractivity contribution is 4.82. The lowest BCUT2D eigenvalue weighted by atomic mass is 10.1. The van der Waals surface area contributed by atoms with Crippen LogP contribution in [0.25, 0.3) is 0 Å². The number of nitrogens with zero attached hydrogens (tertiary/aromatic N) is 1. The van der Waals surface area contributed by atoms with Gasteiger partial charge >= 0.3 is 0 Å². The van der Waals surface area contributed by atoms with E-state index in [2.05, 4.69) is 24.1 Å². The maximum absolute atomic E-state index is 3.64. The van der Waals surface area contributed by atoms with Crippen LogP contribution in [0.3, 0.4) is 0 Å². The minimum Gasteiger partial charge on any atom is -0.313 e. The van der Waals surface area contributed by atoms with Gasteiger partial charge in [-0.05, 0) is 63.5 Å². The van der Waals surface area contributed by atoms with Crippen LogP contribution >= 0.6 is 0 Å². The third-order valence-electron chi connectivity index (χ3n) is 4.11. The molecule has 1 aliphatic heterocycles. The molecule has 2 heteroatoms. The highest BCUT2D eigenvalue weighted by Crippen LogP contribution is 2.30. The molecule has 1 heterocycles. The second kappa shape index (κ2) is 6.75. The molecule has 0 radical (unpaired) electrons. The van der Waals surface area contributed by atoms with Gasteiger partial charge in [0, 0.05) is 19.1 Å². The van der Waals surface area contributed by atoms with E-state index in [1.807, 2.05) is 0 Å². The minimum atomic E-state index is 0.785. The molecule has 0 bridgehead atoms. The average Bonchev–Trinajstić information content (AvgIpc) is 2.92. The Labute approximate surface area is 107 Å². The van der Waals surface area contributed by atoms with Crippen molar-refractivity contribution in [1.82, 2.24) is 10.2 Å². The van der Waals surface area contributed by atoms with Gasteiger partial charge in [0.1, 0.15) is 0 Å². The first kappa shape index (κ1) is 13.4. The Bertz CT molecular complexity index is 205. The van der Waals surface area contributed by atoms with Crippen LogP contribution in [-0.4, -0.2) is 37.1 Å². The number of hydrogen-bond acceptors (Lipinski definition) is 2. The zero-order valence-corrected chi connectivity index (χ0v) is 11.8. The molecule has 100 valence electrons. The number of rotatable bonds is 8.